The molecule has 80 valence electrons. The van der Waals surface area contributed by atoms with Crippen LogP contribution < -0.4 is 16.3 Å². The minimum absolute atomic E-state index is 0.164. The first-order valence-corrected chi connectivity index (χ1v) is 4.06. The van der Waals surface area contributed by atoms with Crippen molar-refractivity contribution in [2.24, 2.45) is 16.3 Å². The maximum absolute atomic E-state index is 10.4. The molecule has 6 heteroatoms. The molecule has 0 fully saturated rings. The average molecular weight is 200 g/mol. The first-order valence-electron chi connectivity index (χ1n) is 4.06. The van der Waals surface area contributed by atoms with E-state index in [1.54, 1.807) is 20.8 Å². The van der Waals surface area contributed by atoms with E-state index >= 15 is 0 Å². The van der Waals surface area contributed by atoms with Gasteiger partial charge in [-0.3, -0.25) is 0 Å². The zero-order valence-electron chi connectivity index (χ0n) is 8.46. The molecule has 14 heavy (non-hydrogen) atoms. The van der Waals surface area contributed by atoms with Gasteiger partial charge in [-0.25, -0.2) is 10.2 Å². The number of rotatable bonds is 4. The Morgan fingerprint density at radius 3 is 2.36 bits per heavy atom. The quantitative estimate of drug-likeness (QED) is 0.458. The fourth-order valence-corrected chi connectivity index (χ4v) is 0.779. The first-order chi connectivity index (χ1) is 6.25. The van der Waals surface area contributed by atoms with Gasteiger partial charge in [-0.15, -0.1) is 0 Å². The van der Waals surface area contributed by atoms with Crippen LogP contribution in [0.2, 0.25) is 0 Å². The van der Waals surface area contributed by atoms with Crippen LogP contribution in [0.1, 0.15) is 27.2 Å². The molecule has 2 amide bonds. The van der Waals surface area contributed by atoms with E-state index in [4.69, 9.17) is 5.73 Å². The maximum atomic E-state index is 10.4. The Kier molecular flexibility index (Phi) is 4.07. The Morgan fingerprint density at radius 1 is 1.50 bits per heavy atom. The van der Waals surface area contributed by atoms with Crippen LogP contribution in [0.3, 0.4) is 0 Å². The number of nitrogens with zero attached hydrogens (tertiary/aromatic N) is 1. The van der Waals surface area contributed by atoms with Gasteiger partial charge in [-0.05, 0) is 13.3 Å². The summed E-state index contributed by atoms with van der Waals surface area (Å²) in [6.07, 6.45) is -0.164. The van der Waals surface area contributed by atoms with Crippen molar-refractivity contribution >= 4 is 17.7 Å². The Labute approximate surface area is 82.2 Å². The fraction of sp³-hybridized carbons (Fsp3) is 0.625. The van der Waals surface area contributed by atoms with E-state index in [-0.39, 0.29) is 6.42 Å². The van der Waals surface area contributed by atoms with E-state index in [9.17, 15) is 14.7 Å². The summed E-state index contributed by atoms with van der Waals surface area (Å²) in [7, 11) is 0. The second-order valence-electron chi connectivity index (χ2n) is 3.61. The van der Waals surface area contributed by atoms with Gasteiger partial charge < -0.3 is 15.6 Å². The molecular weight excluding hydrogens is 186 g/mol. The predicted molar refractivity (Wildman–Crippen MR) is 49.2 cm³/mol. The summed E-state index contributed by atoms with van der Waals surface area (Å²) < 4.78 is 0. The van der Waals surface area contributed by atoms with Crippen LogP contribution in [0, 0.1) is 5.41 Å². The summed E-state index contributed by atoms with van der Waals surface area (Å²) >= 11 is 0. The van der Waals surface area contributed by atoms with E-state index in [2.05, 4.69) is 5.10 Å². The lowest BCUT2D eigenvalue weighted by Crippen LogP contribution is -2.35. The highest BCUT2D eigenvalue weighted by Crippen LogP contribution is 2.21. The zero-order chi connectivity index (χ0) is 11.4. The number of carboxylic acids is 1. The number of carbonyl (C=O) groups excluding carboxylic acids is 2. The van der Waals surface area contributed by atoms with E-state index in [1.807, 2.05) is 5.43 Å². The van der Waals surface area contributed by atoms with E-state index in [0.29, 0.717) is 5.71 Å². The van der Waals surface area contributed by atoms with Crippen molar-refractivity contribution in [3.63, 3.8) is 0 Å². The van der Waals surface area contributed by atoms with Crippen LogP contribution in [0.25, 0.3) is 0 Å². The van der Waals surface area contributed by atoms with Crippen molar-refractivity contribution in [1.29, 1.82) is 0 Å². The topological polar surface area (TPSA) is 108 Å². The molecule has 0 aromatic rings. The van der Waals surface area contributed by atoms with Gasteiger partial charge in [0.05, 0.1) is 0 Å². The predicted octanol–water partition coefficient (Wildman–Crippen LogP) is -0.803. The highest BCUT2D eigenvalue weighted by atomic mass is 16.4. The number of hydrazone groups is 1. The molecule has 3 N–H and O–H groups in total. The smallest absolute Gasteiger partial charge is 0.332 e. The van der Waals surface area contributed by atoms with Crippen LogP contribution in [0.15, 0.2) is 5.10 Å². The van der Waals surface area contributed by atoms with Crippen LogP contribution in [0.4, 0.5) is 4.79 Å². The number of aliphatic carboxylic acids is 1. The van der Waals surface area contributed by atoms with Crippen molar-refractivity contribution in [3.8, 4) is 0 Å². The van der Waals surface area contributed by atoms with Crippen LogP contribution in [0.5, 0.6) is 0 Å². The Balaban J connectivity index is 4.47. The number of hydrogen-bond donors (Lipinski definition) is 2. The number of nitrogens with two attached hydrogens (primary N) is 1. The molecule has 0 unspecified atom stereocenters. The SMILES string of the molecule is C/C(=N/NC(N)=O)C(C)(C)CC(=O)[O-]. The number of urea groups is 1. The molecule has 0 heterocycles. The number of nitrogens with one attached hydrogen (secondary N) is 1. The first kappa shape index (κ1) is 12.4. The van der Waals surface area contributed by atoms with E-state index in [1.165, 1.54) is 0 Å². The van der Waals surface area contributed by atoms with E-state index < -0.39 is 17.4 Å². The lowest BCUT2D eigenvalue weighted by Gasteiger charge is -2.24. The molecule has 6 nitrogen and oxygen atoms in total. The van der Waals surface area contributed by atoms with Gasteiger partial charge in [-0.1, -0.05) is 13.8 Å². The molecule has 0 saturated heterocycles. The van der Waals surface area contributed by atoms with Crippen molar-refractivity contribution in [2.75, 3.05) is 0 Å². The number of carboxylic acid groups (broad SMARTS) is 1. The molecule has 0 aromatic carbocycles. The third-order valence-corrected chi connectivity index (χ3v) is 1.90. The Hall–Kier alpha value is -1.59. The molecular formula is C8H14N3O3-. The Morgan fingerprint density at radius 2 is 2.00 bits per heavy atom. The molecule has 0 aliphatic rings. The number of hydrogen-bond acceptors (Lipinski definition) is 4. The van der Waals surface area contributed by atoms with Gasteiger partial charge in [0, 0.05) is 17.1 Å². The maximum Gasteiger partial charge on any atom is 0.332 e. The monoisotopic (exact) mass is 200 g/mol. The average Bonchev–Trinajstić information content (AvgIpc) is 1.97. The number of carbonyl (C=O) groups is 2. The summed E-state index contributed by atoms with van der Waals surface area (Å²) in [5.41, 5.74) is 6.64. The molecule has 0 aliphatic carbocycles. The van der Waals surface area contributed by atoms with Crippen LogP contribution in [-0.4, -0.2) is 17.7 Å². The largest absolute Gasteiger partial charge is 0.550 e. The summed E-state index contributed by atoms with van der Waals surface area (Å²) in [4.78, 5) is 20.7. The molecule has 0 radical (unpaired) electrons. The van der Waals surface area contributed by atoms with Crippen LogP contribution in [-0.2, 0) is 4.79 Å². The van der Waals surface area contributed by atoms with Gasteiger partial charge in [-0.2, -0.15) is 5.10 Å². The van der Waals surface area contributed by atoms with Crippen molar-refractivity contribution in [2.45, 2.75) is 27.2 Å². The van der Waals surface area contributed by atoms with E-state index in [0.717, 1.165) is 0 Å². The third kappa shape index (κ3) is 4.44. The number of primary amides is 1. The summed E-state index contributed by atoms with van der Waals surface area (Å²) in [5.74, 6) is -1.16. The molecule has 0 bridgehead atoms. The van der Waals surface area contributed by atoms with Crippen molar-refractivity contribution < 1.29 is 14.7 Å². The molecule has 0 saturated carbocycles. The zero-order valence-corrected chi connectivity index (χ0v) is 8.46. The van der Waals surface area contributed by atoms with Gasteiger partial charge >= 0.3 is 6.03 Å². The highest BCUT2D eigenvalue weighted by Gasteiger charge is 2.22. The van der Waals surface area contributed by atoms with Crippen molar-refractivity contribution in [1.82, 2.24) is 5.43 Å². The van der Waals surface area contributed by atoms with Gasteiger partial charge in [0.1, 0.15) is 0 Å². The summed E-state index contributed by atoms with van der Waals surface area (Å²) in [5, 5.41) is 14.0. The molecule has 0 aliphatic heterocycles. The minimum Gasteiger partial charge on any atom is -0.550 e. The standard InChI is InChI=1S/C8H15N3O3/c1-5(10-11-7(9)14)8(2,3)4-6(12)13/h4H2,1-3H3,(H,12,13)(H3,9,11,14)/p-1/b10-5-. The Bertz CT molecular complexity index is 271. The fourth-order valence-electron chi connectivity index (χ4n) is 0.779. The van der Waals surface area contributed by atoms with Crippen molar-refractivity contribution in [3.05, 3.63) is 0 Å². The highest BCUT2D eigenvalue weighted by molar-refractivity contribution is 5.91. The normalized spacial score (nSPS) is 12.4. The lowest BCUT2D eigenvalue weighted by atomic mass is 9.85. The van der Waals surface area contributed by atoms with Crippen LogP contribution >= 0.6 is 0 Å². The molecule has 0 atom stereocenters. The molecule has 0 rings (SSSR count). The van der Waals surface area contributed by atoms with Gasteiger partial charge in [0.25, 0.3) is 0 Å². The third-order valence-electron chi connectivity index (χ3n) is 1.90. The number of amides is 2. The lowest BCUT2D eigenvalue weighted by molar-refractivity contribution is -0.307. The molecule has 0 aromatic heterocycles. The summed E-state index contributed by atoms with van der Waals surface area (Å²) in [6.45, 7) is 4.98. The second kappa shape index (κ2) is 4.59. The second-order valence-corrected chi connectivity index (χ2v) is 3.61. The molecule has 0 spiro atoms. The van der Waals surface area contributed by atoms with Gasteiger partial charge in [0.15, 0.2) is 0 Å². The summed E-state index contributed by atoms with van der Waals surface area (Å²) in [6, 6.07) is -0.784. The van der Waals surface area contributed by atoms with Gasteiger partial charge in [0.2, 0.25) is 0 Å². The minimum atomic E-state index is -1.16.